The van der Waals surface area contributed by atoms with Crippen LogP contribution >= 0.6 is 0 Å². The monoisotopic (exact) mass is 441 g/mol. The topological polar surface area (TPSA) is 93.6 Å². The number of carboxylic acid groups (broad SMARTS) is 1. The smallest absolute Gasteiger partial charge is 0.387 e. The molecule has 0 radical (unpaired) electrons. The maximum atomic E-state index is 12.9. The normalized spacial score (nSPS) is 14.5. The van der Waals surface area contributed by atoms with E-state index in [1.54, 1.807) is 36.7 Å². The molecule has 0 aliphatic heterocycles. The van der Waals surface area contributed by atoms with E-state index in [0.717, 1.165) is 24.8 Å². The number of rotatable bonds is 9. The number of ether oxygens (including phenoxy) is 2. The standard InChI is InChI=1S/C23H21F2N3O4/c24-23(25)32-19-10-9-18(28-21(19)31-17-7-2-8-17)20(15-5-3-11-26-13-15)27-16-6-1-4-14(12-16)22(29)30/h1,3-6,9-13,17,20,23,27H,2,7-8H2,(H,29,30). The molecule has 7 nitrogen and oxygen atoms in total. The predicted molar refractivity (Wildman–Crippen MR) is 112 cm³/mol. The van der Waals surface area contributed by atoms with Crippen LogP contribution in [0.15, 0.2) is 60.9 Å². The number of hydrogen-bond donors (Lipinski definition) is 2. The Labute approximate surface area is 183 Å². The fraction of sp³-hybridized carbons (Fsp3) is 0.261. The van der Waals surface area contributed by atoms with Gasteiger partial charge in [-0.25, -0.2) is 9.78 Å². The molecule has 4 rings (SSSR count). The highest BCUT2D eigenvalue weighted by atomic mass is 19.3. The molecule has 1 saturated carbocycles. The first-order chi connectivity index (χ1) is 15.5. The Morgan fingerprint density at radius 2 is 2.00 bits per heavy atom. The van der Waals surface area contributed by atoms with Gasteiger partial charge in [-0.2, -0.15) is 8.78 Å². The van der Waals surface area contributed by atoms with Gasteiger partial charge in [-0.3, -0.25) is 4.98 Å². The van der Waals surface area contributed by atoms with Crippen molar-refractivity contribution >= 4 is 11.7 Å². The van der Waals surface area contributed by atoms with Crippen molar-refractivity contribution in [3.05, 3.63) is 77.7 Å². The molecular formula is C23H21F2N3O4. The largest absolute Gasteiger partial charge is 0.478 e. The van der Waals surface area contributed by atoms with Crippen LogP contribution in [0.1, 0.15) is 46.9 Å². The SMILES string of the molecule is O=C(O)c1cccc(NC(c2cccnc2)c2ccc(OC(F)F)c(OC3CCC3)n2)c1. The van der Waals surface area contributed by atoms with Crippen LogP contribution < -0.4 is 14.8 Å². The lowest BCUT2D eigenvalue weighted by Crippen LogP contribution is -2.26. The summed E-state index contributed by atoms with van der Waals surface area (Å²) in [6.07, 6.45) is 5.85. The molecule has 2 N–H and O–H groups in total. The number of pyridine rings is 2. The van der Waals surface area contributed by atoms with Gasteiger partial charge < -0.3 is 19.9 Å². The van der Waals surface area contributed by atoms with E-state index in [-0.39, 0.29) is 23.3 Å². The summed E-state index contributed by atoms with van der Waals surface area (Å²) in [7, 11) is 0. The van der Waals surface area contributed by atoms with Gasteiger partial charge in [0.1, 0.15) is 6.10 Å². The van der Waals surface area contributed by atoms with Crippen LogP contribution in [-0.2, 0) is 0 Å². The number of aromatic carboxylic acids is 1. The Bertz CT molecular complexity index is 1080. The Kier molecular flexibility index (Phi) is 6.44. The van der Waals surface area contributed by atoms with E-state index in [9.17, 15) is 18.7 Å². The number of anilines is 1. The number of halogens is 2. The van der Waals surface area contributed by atoms with Crippen LogP contribution in [-0.4, -0.2) is 33.8 Å². The quantitative estimate of drug-likeness (QED) is 0.487. The maximum Gasteiger partial charge on any atom is 0.387 e. The lowest BCUT2D eigenvalue weighted by molar-refractivity contribution is -0.0532. The summed E-state index contributed by atoms with van der Waals surface area (Å²) < 4.78 is 36.2. The van der Waals surface area contributed by atoms with E-state index in [1.807, 2.05) is 6.07 Å². The third kappa shape index (κ3) is 5.11. The average molecular weight is 441 g/mol. The number of benzene rings is 1. The van der Waals surface area contributed by atoms with E-state index in [4.69, 9.17) is 4.74 Å². The number of hydrogen-bond acceptors (Lipinski definition) is 6. The van der Waals surface area contributed by atoms with E-state index < -0.39 is 18.6 Å². The van der Waals surface area contributed by atoms with Gasteiger partial charge in [0.25, 0.3) is 5.88 Å². The van der Waals surface area contributed by atoms with Crippen molar-refractivity contribution in [3.63, 3.8) is 0 Å². The second-order valence-electron chi connectivity index (χ2n) is 7.34. The molecule has 1 aliphatic rings. The minimum Gasteiger partial charge on any atom is -0.478 e. The molecule has 1 fully saturated rings. The summed E-state index contributed by atoms with van der Waals surface area (Å²) in [4.78, 5) is 20.0. The summed E-state index contributed by atoms with van der Waals surface area (Å²) in [5.74, 6) is -1.18. The van der Waals surface area contributed by atoms with Gasteiger partial charge in [-0.05, 0) is 61.2 Å². The van der Waals surface area contributed by atoms with Gasteiger partial charge in [0.15, 0.2) is 5.75 Å². The van der Waals surface area contributed by atoms with Crippen molar-refractivity contribution in [1.29, 1.82) is 0 Å². The van der Waals surface area contributed by atoms with Crippen molar-refractivity contribution in [2.75, 3.05) is 5.32 Å². The van der Waals surface area contributed by atoms with Crippen LogP contribution in [0.25, 0.3) is 0 Å². The molecule has 166 valence electrons. The van der Waals surface area contributed by atoms with E-state index >= 15 is 0 Å². The van der Waals surface area contributed by atoms with Crippen LogP contribution in [0.2, 0.25) is 0 Å². The second-order valence-corrected chi connectivity index (χ2v) is 7.34. The molecule has 0 bridgehead atoms. The first kappa shape index (κ1) is 21.5. The second kappa shape index (κ2) is 9.59. The lowest BCUT2D eigenvalue weighted by atomic mass is 9.96. The number of nitrogens with zero attached hydrogens (tertiary/aromatic N) is 2. The van der Waals surface area contributed by atoms with Gasteiger partial charge in [0.05, 0.1) is 17.3 Å². The van der Waals surface area contributed by atoms with Gasteiger partial charge in [-0.1, -0.05) is 12.1 Å². The summed E-state index contributed by atoms with van der Waals surface area (Å²) in [6.45, 7) is -3.00. The van der Waals surface area contributed by atoms with Crippen LogP contribution in [0.3, 0.4) is 0 Å². The number of alkyl halides is 2. The highest BCUT2D eigenvalue weighted by Gasteiger charge is 2.25. The van der Waals surface area contributed by atoms with Gasteiger partial charge in [-0.15, -0.1) is 0 Å². The molecule has 1 atom stereocenters. The number of carbonyl (C=O) groups is 1. The molecule has 0 amide bonds. The number of aromatic nitrogens is 2. The van der Waals surface area contributed by atoms with Gasteiger partial charge in [0, 0.05) is 18.1 Å². The van der Waals surface area contributed by atoms with Crippen molar-refractivity contribution < 1.29 is 28.2 Å². The third-order valence-corrected chi connectivity index (χ3v) is 5.13. The summed E-state index contributed by atoms with van der Waals surface area (Å²) >= 11 is 0. The Hall–Kier alpha value is -3.75. The predicted octanol–water partition coefficient (Wildman–Crippen LogP) is 4.91. The molecule has 0 spiro atoms. The summed E-state index contributed by atoms with van der Waals surface area (Å²) in [5, 5.41) is 12.6. The van der Waals surface area contributed by atoms with Crippen molar-refractivity contribution in [1.82, 2.24) is 9.97 Å². The molecule has 32 heavy (non-hydrogen) atoms. The average Bonchev–Trinajstić information content (AvgIpc) is 2.76. The first-order valence-electron chi connectivity index (χ1n) is 10.1. The van der Waals surface area contributed by atoms with E-state index in [2.05, 4.69) is 20.0 Å². The van der Waals surface area contributed by atoms with Crippen molar-refractivity contribution in [2.24, 2.45) is 0 Å². The molecule has 9 heteroatoms. The zero-order valence-electron chi connectivity index (χ0n) is 16.9. The van der Waals surface area contributed by atoms with Gasteiger partial charge >= 0.3 is 12.6 Å². The minimum atomic E-state index is -3.00. The zero-order chi connectivity index (χ0) is 22.5. The fourth-order valence-electron chi connectivity index (χ4n) is 3.30. The Morgan fingerprint density at radius 1 is 1.16 bits per heavy atom. The highest BCUT2D eigenvalue weighted by Crippen LogP contribution is 2.35. The minimum absolute atomic E-state index is 0.00229. The first-order valence-corrected chi connectivity index (χ1v) is 10.1. The lowest BCUT2D eigenvalue weighted by Gasteiger charge is -2.27. The zero-order valence-corrected chi connectivity index (χ0v) is 16.9. The summed E-state index contributed by atoms with van der Waals surface area (Å²) in [6, 6.07) is 12.4. The molecule has 2 heterocycles. The molecular weight excluding hydrogens is 420 g/mol. The molecule has 1 aliphatic carbocycles. The molecule has 2 aromatic heterocycles. The molecule has 0 saturated heterocycles. The van der Waals surface area contributed by atoms with E-state index in [1.165, 1.54) is 18.2 Å². The van der Waals surface area contributed by atoms with Crippen LogP contribution in [0.5, 0.6) is 11.6 Å². The molecule has 1 aromatic carbocycles. The number of nitrogens with one attached hydrogen (secondary N) is 1. The van der Waals surface area contributed by atoms with Gasteiger partial charge in [0.2, 0.25) is 0 Å². The Balaban J connectivity index is 1.71. The fourth-order valence-corrected chi connectivity index (χ4v) is 3.30. The molecule has 3 aromatic rings. The highest BCUT2D eigenvalue weighted by molar-refractivity contribution is 5.88. The maximum absolute atomic E-state index is 12.9. The van der Waals surface area contributed by atoms with Crippen molar-refractivity contribution in [3.8, 4) is 11.6 Å². The summed E-state index contributed by atoms with van der Waals surface area (Å²) in [5.41, 5.74) is 1.91. The van der Waals surface area contributed by atoms with Crippen LogP contribution in [0, 0.1) is 0 Å². The number of carboxylic acids is 1. The third-order valence-electron chi connectivity index (χ3n) is 5.13. The van der Waals surface area contributed by atoms with Crippen molar-refractivity contribution in [2.45, 2.75) is 38.0 Å². The van der Waals surface area contributed by atoms with E-state index in [0.29, 0.717) is 11.4 Å². The molecule has 1 unspecified atom stereocenters. The Morgan fingerprint density at radius 3 is 2.66 bits per heavy atom. The van der Waals surface area contributed by atoms with Crippen LogP contribution in [0.4, 0.5) is 14.5 Å².